The summed E-state index contributed by atoms with van der Waals surface area (Å²) in [7, 11) is -3.82. The van der Waals surface area contributed by atoms with Crippen molar-refractivity contribution in [2.24, 2.45) is 0 Å². The van der Waals surface area contributed by atoms with Crippen LogP contribution in [0.2, 0.25) is 5.02 Å². The molecule has 110 valence electrons. The standard InChI is InChI=1S/C14H7ClIN3O2S/c15-12-6-9(8-17)18-14-11(12)7-13(16)19(14)22(20,21)10-4-2-1-3-5-10/h1-7H. The molecule has 2 heterocycles. The summed E-state index contributed by atoms with van der Waals surface area (Å²) < 4.78 is 27.2. The Balaban J connectivity index is 2.39. The van der Waals surface area contributed by atoms with Gasteiger partial charge in [0.05, 0.1) is 13.6 Å². The number of pyridine rings is 1. The van der Waals surface area contributed by atoms with E-state index in [4.69, 9.17) is 16.9 Å². The van der Waals surface area contributed by atoms with E-state index in [1.807, 2.05) is 28.7 Å². The summed E-state index contributed by atoms with van der Waals surface area (Å²) in [6, 6.07) is 13.0. The third-order valence-corrected chi connectivity index (χ3v) is 6.19. The second kappa shape index (κ2) is 5.53. The van der Waals surface area contributed by atoms with Gasteiger partial charge in [-0.3, -0.25) is 0 Å². The highest BCUT2D eigenvalue weighted by atomic mass is 127. The first kappa shape index (κ1) is 15.3. The summed E-state index contributed by atoms with van der Waals surface area (Å²) in [6.45, 7) is 0. The second-order valence-electron chi connectivity index (χ2n) is 4.39. The lowest BCUT2D eigenvalue weighted by Crippen LogP contribution is -2.15. The van der Waals surface area contributed by atoms with Crippen LogP contribution in [0.15, 0.2) is 47.4 Å². The number of benzene rings is 1. The highest BCUT2D eigenvalue weighted by Crippen LogP contribution is 2.30. The van der Waals surface area contributed by atoms with Crippen molar-refractivity contribution >= 4 is 55.2 Å². The Bertz CT molecular complexity index is 1020. The Labute approximate surface area is 145 Å². The summed E-state index contributed by atoms with van der Waals surface area (Å²) >= 11 is 8.03. The van der Waals surface area contributed by atoms with Gasteiger partial charge in [0.15, 0.2) is 5.65 Å². The number of aromatic nitrogens is 2. The maximum absolute atomic E-state index is 12.8. The molecule has 0 N–H and O–H groups in total. The lowest BCUT2D eigenvalue weighted by atomic mass is 10.3. The largest absolute Gasteiger partial charge is 0.270 e. The van der Waals surface area contributed by atoms with Crippen molar-refractivity contribution in [1.82, 2.24) is 8.96 Å². The molecule has 5 nitrogen and oxygen atoms in total. The number of fused-ring (bicyclic) bond motifs is 1. The van der Waals surface area contributed by atoms with Crippen LogP contribution in [-0.4, -0.2) is 17.4 Å². The molecule has 0 aliphatic carbocycles. The molecule has 0 aliphatic rings. The molecule has 3 rings (SSSR count). The van der Waals surface area contributed by atoms with Crippen LogP contribution in [0.1, 0.15) is 5.69 Å². The minimum atomic E-state index is -3.82. The number of nitriles is 1. The zero-order valence-corrected chi connectivity index (χ0v) is 14.6. The van der Waals surface area contributed by atoms with Gasteiger partial charge in [0, 0.05) is 5.39 Å². The van der Waals surface area contributed by atoms with Gasteiger partial charge in [0.25, 0.3) is 10.0 Å². The SMILES string of the molecule is N#Cc1cc(Cl)c2cc(I)n(S(=O)(=O)c3ccccc3)c2n1. The Hall–Kier alpha value is -1.63. The van der Waals surface area contributed by atoms with E-state index < -0.39 is 10.0 Å². The fourth-order valence-electron chi connectivity index (χ4n) is 2.06. The van der Waals surface area contributed by atoms with Crippen molar-refractivity contribution < 1.29 is 8.42 Å². The van der Waals surface area contributed by atoms with Crippen LogP contribution in [-0.2, 0) is 10.0 Å². The first-order chi connectivity index (χ1) is 10.4. The van der Waals surface area contributed by atoms with Gasteiger partial charge in [-0.1, -0.05) is 29.8 Å². The van der Waals surface area contributed by atoms with Gasteiger partial charge in [-0.05, 0) is 46.9 Å². The number of nitrogens with zero attached hydrogens (tertiary/aromatic N) is 3. The van der Waals surface area contributed by atoms with Crippen molar-refractivity contribution in [1.29, 1.82) is 5.26 Å². The normalized spacial score (nSPS) is 11.5. The molecule has 3 aromatic rings. The molecule has 2 aromatic heterocycles. The van der Waals surface area contributed by atoms with Crippen LogP contribution in [0, 0.1) is 15.0 Å². The number of hydrogen-bond donors (Lipinski definition) is 0. The van der Waals surface area contributed by atoms with Crippen molar-refractivity contribution in [3.8, 4) is 6.07 Å². The molecule has 0 radical (unpaired) electrons. The van der Waals surface area contributed by atoms with Gasteiger partial charge in [-0.2, -0.15) is 5.26 Å². The molecule has 0 saturated heterocycles. The molecule has 0 bridgehead atoms. The number of rotatable bonds is 2. The van der Waals surface area contributed by atoms with Crippen molar-refractivity contribution in [3.05, 3.63) is 56.9 Å². The molecule has 8 heteroatoms. The van der Waals surface area contributed by atoms with Crippen molar-refractivity contribution in [3.63, 3.8) is 0 Å². The average molecular weight is 444 g/mol. The smallest absolute Gasteiger partial charge is 0.218 e. The molecule has 0 unspecified atom stereocenters. The van der Waals surface area contributed by atoms with Crippen LogP contribution in [0.3, 0.4) is 0 Å². The summed E-state index contributed by atoms with van der Waals surface area (Å²) in [5.74, 6) is 0. The van der Waals surface area contributed by atoms with Crippen molar-refractivity contribution in [2.45, 2.75) is 4.90 Å². The Kier molecular flexibility index (Phi) is 3.84. The van der Waals surface area contributed by atoms with Crippen LogP contribution >= 0.6 is 34.2 Å². The Morgan fingerprint density at radius 2 is 1.91 bits per heavy atom. The van der Waals surface area contributed by atoms with E-state index in [0.717, 1.165) is 3.97 Å². The van der Waals surface area contributed by atoms with Crippen molar-refractivity contribution in [2.75, 3.05) is 0 Å². The zero-order valence-electron chi connectivity index (χ0n) is 10.9. The topological polar surface area (TPSA) is 75.8 Å². The summed E-state index contributed by atoms with van der Waals surface area (Å²) in [6.07, 6.45) is 0. The first-order valence-corrected chi connectivity index (χ1v) is 8.93. The molecule has 0 spiro atoms. The van der Waals surface area contributed by atoms with E-state index >= 15 is 0 Å². The highest BCUT2D eigenvalue weighted by molar-refractivity contribution is 14.1. The van der Waals surface area contributed by atoms with Crippen LogP contribution in [0.25, 0.3) is 11.0 Å². The Morgan fingerprint density at radius 1 is 1.23 bits per heavy atom. The van der Waals surface area contributed by atoms with Gasteiger partial charge in [-0.25, -0.2) is 17.4 Å². The minimum absolute atomic E-state index is 0.0662. The van der Waals surface area contributed by atoms with Gasteiger partial charge >= 0.3 is 0 Å². The lowest BCUT2D eigenvalue weighted by Gasteiger charge is -2.08. The molecule has 0 atom stereocenters. The van der Waals surface area contributed by atoms with Gasteiger partial charge in [-0.15, -0.1) is 0 Å². The second-order valence-corrected chi connectivity index (χ2v) is 7.69. The predicted molar refractivity (Wildman–Crippen MR) is 91.2 cm³/mol. The van der Waals surface area contributed by atoms with E-state index in [1.54, 1.807) is 24.3 Å². The molecule has 0 fully saturated rings. The van der Waals surface area contributed by atoms with Crippen LogP contribution in [0.4, 0.5) is 0 Å². The van der Waals surface area contributed by atoms with Gasteiger partial charge < -0.3 is 0 Å². The number of hydrogen-bond acceptors (Lipinski definition) is 4. The van der Waals surface area contributed by atoms with E-state index in [0.29, 0.717) is 14.1 Å². The fraction of sp³-hybridized carbons (Fsp3) is 0. The molecule has 0 saturated carbocycles. The number of halogens is 2. The third kappa shape index (κ3) is 2.37. The third-order valence-electron chi connectivity index (χ3n) is 3.03. The van der Waals surface area contributed by atoms with E-state index in [-0.39, 0.29) is 16.2 Å². The van der Waals surface area contributed by atoms with Gasteiger partial charge in [0.2, 0.25) is 0 Å². The van der Waals surface area contributed by atoms with E-state index in [1.165, 1.54) is 18.2 Å². The Morgan fingerprint density at radius 3 is 2.55 bits per heavy atom. The first-order valence-electron chi connectivity index (χ1n) is 6.03. The minimum Gasteiger partial charge on any atom is -0.218 e. The fourth-order valence-corrected chi connectivity index (χ4v) is 4.98. The molecule has 0 aliphatic heterocycles. The highest BCUT2D eigenvalue weighted by Gasteiger charge is 2.24. The maximum atomic E-state index is 12.8. The van der Waals surface area contributed by atoms with E-state index in [2.05, 4.69) is 4.98 Å². The summed E-state index contributed by atoms with van der Waals surface area (Å²) in [4.78, 5) is 4.24. The molecule has 0 amide bonds. The molecular weight excluding hydrogens is 437 g/mol. The molecule has 22 heavy (non-hydrogen) atoms. The van der Waals surface area contributed by atoms with Crippen LogP contribution < -0.4 is 0 Å². The van der Waals surface area contributed by atoms with Crippen LogP contribution in [0.5, 0.6) is 0 Å². The molecular formula is C14H7ClIN3O2S. The summed E-state index contributed by atoms with van der Waals surface area (Å²) in [5, 5.41) is 9.79. The summed E-state index contributed by atoms with van der Waals surface area (Å²) in [5.41, 5.74) is 0.216. The van der Waals surface area contributed by atoms with E-state index in [9.17, 15) is 8.42 Å². The van der Waals surface area contributed by atoms with Gasteiger partial charge in [0.1, 0.15) is 11.8 Å². The lowest BCUT2D eigenvalue weighted by molar-refractivity contribution is 0.588. The predicted octanol–water partition coefficient (Wildman–Crippen LogP) is 3.40. The quantitative estimate of drug-likeness (QED) is 0.569. The monoisotopic (exact) mass is 443 g/mol. The zero-order chi connectivity index (χ0) is 15.9. The average Bonchev–Trinajstić information content (AvgIpc) is 2.85. The molecule has 1 aromatic carbocycles. The maximum Gasteiger partial charge on any atom is 0.270 e.